The lowest BCUT2D eigenvalue weighted by molar-refractivity contribution is -0.153. The summed E-state index contributed by atoms with van der Waals surface area (Å²) in [4.78, 5) is 38.2. The Hall–Kier alpha value is -3.07. The van der Waals surface area contributed by atoms with Gasteiger partial charge < -0.3 is 19.5 Å². The summed E-state index contributed by atoms with van der Waals surface area (Å²) in [5.41, 5.74) is 1.32. The van der Waals surface area contributed by atoms with E-state index in [1.165, 1.54) is 7.11 Å². The topological polar surface area (TPSA) is 106 Å². The molecule has 9 heteroatoms. The van der Waals surface area contributed by atoms with Gasteiger partial charge in [-0.25, -0.2) is 20.0 Å². The van der Waals surface area contributed by atoms with E-state index in [1.54, 1.807) is 27.7 Å². The normalized spacial score (nSPS) is 17.4. The molecule has 9 nitrogen and oxygen atoms in total. The van der Waals surface area contributed by atoms with E-state index in [9.17, 15) is 14.4 Å². The minimum absolute atomic E-state index is 0.00796. The Morgan fingerprint density at radius 1 is 1.15 bits per heavy atom. The van der Waals surface area contributed by atoms with Gasteiger partial charge >= 0.3 is 18.2 Å². The smallest absolute Gasteiger partial charge is 0.429 e. The Labute approximate surface area is 195 Å². The van der Waals surface area contributed by atoms with Gasteiger partial charge in [0.2, 0.25) is 0 Å². The molecule has 0 saturated carbocycles. The third-order valence-electron chi connectivity index (χ3n) is 4.99. The van der Waals surface area contributed by atoms with Gasteiger partial charge in [-0.1, -0.05) is 42.5 Å². The van der Waals surface area contributed by atoms with Crippen molar-refractivity contribution in [2.24, 2.45) is 5.41 Å². The van der Waals surface area contributed by atoms with Crippen LogP contribution in [0.15, 0.2) is 42.5 Å². The van der Waals surface area contributed by atoms with E-state index < -0.39 is 29.2 Å². The van der Waals surface area contributed by atoms with Crippen molar-refractivity contribution in [1.82, 2.24) is 15.8 Å². The van der Waals surface area contributed by atoms with Crippen LogP contribution in [-0.2, 0) is 25.6 Å². The molecule has 0 bridgehead atoms. The van der Waals surface area contributed by atoms with Crippen LogP contribution in [0.3, 0.4) is 0 Å². The first-order valence-corrected chi connectivity index (χ1v) is 11.0. The summed E-state index contributed by atoms with van der Waals surface area (Å²) in [5.74, 6) is -0.505. The lowest BCUT2D eigenvalue weighted by Crippen LogP contribution is -2.55. The lowest BCUT2D eigenvalue weighted by atomic mass is 9.82. The van der Waals surface area contributed by atoms with E-state index in [-0.39, 0.29) is 19.2 Å². The van der Waals surface area contributed by atoms with Crippen molar-refractivity contribution in [3.8, 4) is 0 Å². The number of ether oxygens (including phenoxy) is 3. The van der Waals surface area contributed by atoms with Crippen molar-refractivity contribution in [2.45, 2.75) is 58.8 Å². The van der Waals surface area contributed by atoms with Gasteiger partial charge in [-0.2, -0.15) is 0 Å². The van der Waals surface area contributed by atoms with Gasteiger partial charge in [0.05, 0.1) is 19.1 Å². The molecule has 182 valence electrons. The van der Waals surface area contributed by atoms with Crippen LogP contribution in [0.5, 0.6) is 0 Å². The van der Waals surface area contributed by atoms with Crippen molar-refractivity contribution in [3.05, 3.63) is 48.0 Å². The second-order valence-electron chi connectivity index (χ2n) is 9.27. The highest BCUT2D eigenvalue weighted by Gasteiger charge is 2.41. The Bertz CT molecular complexity index is 836. The van der Waals surface area contributed by atoms with E-state index in [0.29, 0.717) is 6.42 Å². The molecule has 0 spiro atoms. The molecule has 0 radical (unpaired) electrons. The molecule has 2 N–H and O–H groups in total. The number of amides is 2. The lowest BCUT2D eigenvalue weighted by Gasteiger charge is -2.35. The zero-order valence-electron chi connectivity index (χ0n) is 20.1. The fourth-order valence-electron chi connectivity index (χ4n) is 3.47. The molecule has 0 unspecified atom stereocenters. The molecule has 1 heterocycles. The minimum atomic E-state index is -1.13. The predicted octanol–water partition coefficient (Wildman–Crippen LogP) is 3.55. The maximum atomic E-state index is 13.0. The fourth-order valence-corrected chi connectivity index (χ4v) is 3.47. The van der Waals surface area contributed by atoms with Crippen LogP contribution in [0.1, 0.15) is 46.1 Å². The molecule has 2 rings (SSSR count). The molecule has 0 aliphatic carbocycles. The third kappa shape index (κ3) is 8.76. The van der Waals surface area contributed by atoms with E-state index >= 15 is 0 Å². The maximum absolute atomic E-state index is 13.0. The van der Waals surface area contributed by atoms with Gasteiger partial charge in [0.1, 0.15) is 12.2 Å². The highest BCUT2D eigenvalue weighted by Crippen LogP contribution is 2.28. The number of nitrogens with one attached hydrogen (secondary N) is 2. The summed E-state index contributed by atoms with van der Waals surface area (Å²) in [6, 6.07) is 9.08. The Balaban J connectivity index is 2.21. The van der Waals surface area contributed by atoms with Crippen molar-refractivity contribution < 1.29 is 28.6 Å². The summed E-state index contributed by atoms with van der Waals surface area (Å²) < 4.78 is 15.7. The average molecular weight is 462 g/mol. The first-order chi connectivity index (χ1) is 15.5. The van der Waals surface area contributed by atoms with Crippen LogP contribution < -0.4 is 10.7 Å². The molecular weight excluding hydrogens is 426 g/mol. The second kappa shape index (κ2) is 11.7. The molecule has 33 heavy (non-hydrogen) atoms. The summed E-state index contributed by atoms with van der Waals surface area (Å²) in [5, 5.41) is 4.31. The maximum Gasteiger partial charge on any atom is 0.429 e. The number of hydrogen-bond acceptors (Lipinski definition) is 7. The van der Waals surface area contributed by atoms with Gasteiger partial charge in [0.25, 0.3) is 0 Å². The van der Waals surface area contributed by atoms with Crippen molar-refractivity contribution >= 4 is 18.2 Å². The van der Waals surface area contributed by atoms with E-state index in [2.05, 4.69) is 10.7 Å². The summed E-state index contributed by atoms with van der Waals surface area (Å²) >= 11 is 0. The molecular formula is C24H35N3O6. The van der Waals surface area contributed by atoms with E-state index in [0.717, 1.165) is 23.5 Å². The SMILES string of the molecule is COC(=O)[C@](C)(C[C@@H]1C=CCCN1)CN(NC(=O)OC(C)(C)C)C(=O)OCc1ccccc1. The third-order valence-corrected chi connectivity index (χ3v) is 4.99. The molecule has 2 atom stereocenters. The van der Waals surface area contributed by atoms with Crippen molar-refractivity contribution in [2.75, 3.05) is 20.2 Å². The van der Waals surface area contributed by atoms with Crippen LogP contribution in [0.4, 0.5) is 9.59 Å². The number of esters is 1. The minimum Gasteiger partial charge on any atom is -0.469 e. The average Bonchev–Trinajstić information content (AvgIpc) is 2.76. The van der Waals surface area contributed by atoms with Gasteiger partial charge in [0, 0.05) is 6.04 Å². The first kappa shape index (κ1) is 26.2. The summed E-state index contributed by atoms with van der Waals surface area (Å²) in [6.45, 7) is 7.46. The Morgan fingerprint density at radius 2 is 1.85 bits per heavy atom. The van der Waals surface area contributed by atoms with Crippen LogP contribution in [-0.4, -0.2) is 55.0 Å². The zero-order chi connectivity index (χ0) is 24.5. The summed E-state index contributed by atoms with van der Waals surface area (Å²) in [7, 11) is 1.30. The number of carbonyl (C=O) groups excluding carboxylic acids is 3. The number of methoxy groups -OCH3 is 1. The highest BCUT2D eigenvalue weighted by atomic mass is 16.6. The van der Waals surface area contributed by atoms with Crippen LogP contribution in [0, 0.1) is 5.41 Å². The first-order valence-electron chi connectivity index (χ1n) is 11.0. The van der Waals surface area contributed by atoms with Crippen LogP contribution in [0.2, 0.25) is 0 Å². The van der Waals surface area contributed by atoms with Gasteiger partial charge in [-0.15, -0.1) is 0 Å². The van der Waals surface area contributed by atoms with Gasteiger partial charge in [-0.3, -0.25) is 4.79 Å². The number of benzene rings is 1. The van der Waals surface area contributed by atoms with Crippen molar-refractivity contribution in [3.63, 3.8) is 0 Å². The van der Waals surface area contributed by atoms with Crippen LogP contribution in [0.25, 0.3) is 0 Å². The number of nitrogens with zero attached hydrogens (tertiary/aromatic N) is 1. The Kier molecular flexibility index (Phi) is 9.28. The van der Waals surface area contributed by atoms with E-state index in [4.69, 9.17) is 14.2 Å². The molecule has 0 saturated heterocycles. The predicted molar refractivity (Wildman–Crippen MR) is 123 cm³/mol. The van der Waals surface area contributed by atoms with Gasteiger partial charge in [0.15, 0.2) is 0 Å². The Morgan fingerprint density at radius 3 is 2.42 bits per heavy atom. The molecule has 1 aliphatic rings. The molecule has 0 fully saturated rings. The number of rotatable bonds is 7. The zero-order valence-corrected chi connectivity index (χ0v) is 20.1. The second-order valence-corrected chi connectivity index (χ2v) is 9.27. The van der Waals surface area contributed by atoms with Crippen molar-refractivity contribution in [1.29, 1.82) is 0 Å². The summed E-state index contributed by atoms with van der Waals surface area (Å²) in [6.07, 6.45) is 3.65. The molecule has 1 aliphatic heterocycles. The molecule has 1 aromatic rings. The molecule has 0 aromatic heterocycles. The number of hydrogen-bond donors (Lipinski definition) is 2. The number of carbonyl (C=O) groups is 3. The fraction of sp³-hybridized carbons (Fsp3) is 0.542. The monoisotopic (exact) mass is 461 g/mol. The number of hydrazine groups is 1. The van der Waals surface area contributed by atoms with E-state index in [1.807, 2.05) is 42.5 Å². The molecule has 1 aromatic carbocycles. The quantitative estimate of drug-likeness (QED) is 0.277. The largest absolute Gasteiger partial charge is 0.469 e. The standard InChI is InChI=1S/C24H35N3O6/c1-23(2,3)33-21(29)26-27(22(30)32-16-18-11-7-6-8-12-18)17-24(4,20(28)31-5)15-19-13-9-10-14-25-19/h6-9,11-13,19,25H,10,14-17H2,1-5H3,(H,26,29)/t19-,24+/m0/s1. The molecule has 2 amide bonds. The van der Waals surface area contributed by atoms with Gasteiger partial charge in [-0.05, 0) is 52.6 Å². The van der Waals surface area contributed by atoms with Crippen LogP contribution >= 0.6 is 0 Å². The highest BCUT2D eigenvalue weighted by molar-refractivity contribution is 5.79.